The van der Waals surface area contributed by atoms with Crippen molar-refractivity contribution < 1.29 is 4.79 Å². The van der Waals surface area contributed by atoms with Crippen LogP contribution in [0.15, 0.2) is 0 Å². The highest BCUT2D eigenvalue weighted by atomic mass is 32.2. The van der Waals surface area contributed by atoms with Crippen molar-refractivity contribution in [2.45, 2.75) is 36.7 Å². The van der Waals surface area contributed by atoms with Gasteiger partial charge in [0.2, 0.25) is 5.91 Å². The SMILES string of the molecule is CC1(C)CN(C(=O)CSC2CCNCC2)CCS1. The molecule has 0 aliphatic carbocycles. The summed E-state index contributed by atoms with van der Waals surface area (Å²) in [5.41, 5.74) is 0. The normalized spacial score (nSPS) is 25.1. The number of carbonyl (C=O) groups is 1. The molecule has 0 bridgehead atoms. The predicted molar refractivity (Wildman–Crippen MR) is 81.5 cm³/mol. The first kappa shape index (κ1) is 14.5. The molecule has 0 aromatic rings. The summed E-state index contributed by atoms with van der Waals surface area (Å²) < 4.78 is 0.229. The number of hydrogen-bond donors (Lipinski definition) is 1. The molecule has 18 heavy (non-hydrogen) atoms. The third-order valence-electron chi connectivity index (χ3n) is 3.51. The van der Waals surface area contributed by atoms with Gasteiger partial charge in [-0.2, -0.15) is 11.8 Å². The molecule has 2 fully saturated rings. The topological polar surface area (TPSA) is 32.3 Å². The number of rotatable bonds is 3. The lowest BCUT2D eigenvalue weighted by Gasteiger charge is -2.37. The Labute approximate surface area is 119 Å². The van der Waals surface area contributed by atoms with Crippen LogP contribution in [-0.2, 0) is 4.79 Å². The summed E-state index contributed by atoms with van der Waals surface area (Å²) in [6, 6.07) is 0. The zero-order valence-corrected chi connectivity index (χ0v) is 13.0. The lowest BCUT2D eigenvalue weighted by molar-refractivity contribution is -0.128. The number of hydrogen-bond acceptors (Lipinski definition) is 4. The maximum atomic E-state index is 12.2. The van der Waals surface area contributed by atoms with Crippen molar-refractivity contribution in [3.05, 3.63) is 0 Å². The second kappa shape index (κ2) is 6.53. The molecule has 1 amide bonds. The quantitative estimate of drug-likeness (QED) is 0.859. The van der Waals surface area contributed by atoms with Gasteiger partial charge in [0.1, 0.15) is 0 Å². The smallest absolute Gasteiger partial charge is 0.232 e. The van der Waals surface area contributed by atoms with E-state index in [1.54, 1.807) is 0 Å². The molecule has 2 saturated heterocycles. The van der Waals surface area contributed by atoms with Crippen molar-refractivity contribution in [1.29, 1.82) is 0 Å². The van der Waals surface area contributed by atoms with Gasteiger partial charge in [-0.1, -0.05) is 0 Å². The van der Waals surface area contributed by atoms with Crippen LogP contribution in [0.3, 0.4) is 0 Å². The highest BCUT2D eigenvalue weighted by Crippen LogP contribution is 2.30. The van der Waals surface area contributed by atoms with Crippen molar-refractivity contribution in [1.82, 2.24) is 10.2 Å². The van der Waals surface area contributed by atoms with Crippen LogP contribution in [0.1, 0.15) is 26.7 Å². The highest BCUT2D eigenvalue weighted by molar-refractivity contribution is 8.00. The second-order valence-electron chi connectivity index (χ2n) is 5.68. The predicted octanol–water partition coefficient (Wildman–Crippen LogP) is 1.83. The Morgan fingerprint density at radius 1 is 1.44 bits per heavy atom. The first-order chi connectivity index (χ1) is 8.57. The maximum Gasteiger partial charge on any atom is 0.232 e. The molecule has 0 aromatic carbocycles. The van der Waals surface area contributed by atoms with Crippen LogP contribution < -0.4 is 5.32 Å². The fraction of sp³-hybridized carbons (Fsp3) is 0.923. The Balaban J connectivity index is 1.73. The zero-order valence-electron chi connectivity index (χ0n) is 11.4. The van der Waals surface area contributed by atoms with E-state index in [2.05, 4.69) is 24.1 Å². The Morgan fingerprint density at radius 3 is 2.83 bits per heavy atom. The highest BCUT2D eigenvalue weighted by Gasteiger charge is 2.29. The maximum absolute atomic E-state index is 12.2. The fourth-order valence-electron chi connectivity index (χ4n) is 2.47. The van der Waals surface area contributed by atoms with Crippen LogP contribution in [0.2, 0.25) is 0 Å². The van der Waals surface area contributed by atoms with E-state index >= 15 is 0 Å². The number of nitrogens with zero attached hydrogens (tertiary/aromatic N) is 1. The Morgan fingerprint density at radius 2 is 2.17 bits per heavy atom. The largest absolute Gasteiger partial charge is 0.340 e. The molecule has 0 aromatic heterocycles. The lowest BCUT2D eigenvalue weighted by atomic mass is 10.2. The molecule has 3 nitrogen and oxygen atoms in total. The molecule has 2 aliphatic rings. The van der Waals surface area contributed by atoms with E-state index in [1.165, 1.54) is 12.8 Å². The van der Waals surface area contributed by atoms with Crippen LogP contribution in [-0.4, -0.2) is 58.5 Å². The van der Waals surface area contributed by atoms with E-state index in [4.69, 9.17) is 0 Å². The molecule has 104 valence electrons. The molecule has 2 heterocycles. The third kappa shape index (κ3) is 4.35. The number of piperidine rings is 1. The lowest BCUT2D eigenvalue weighted by Crippen LogP contribution is -2.47. The minimum Gasteiger partial charge on any atom is -0.340 e. The molecule has 0 saturated carbocycles. The minimum absolute atomic E-state index is 0.229. The van der Waals surface area contributed by atoms with Crippen LogP contribution >= 0.6 is 23.5 Å². The fourth-order valence-corrected chi connectivity index (χ4v) is 4.71. The van der Waals surface area contributed by atoms with E-state index in [9.17, 15) is 4.79 Å². The average Bonchev–Trinajstić information content (AvgIpc) is 2.36. The monoisotopic (exact) mass is 288 g/mol. The molecule has 0 spiro atoms. The summed E-state index contributed by atoms with van der Waals surface area (Å²) in [4.78, 5) is 14.3. The van der Waals surface area contributed by atoms with E-state index in [-0.39, 0.29) is 4.75 Å². The number of carbonyl (C=O) groups excluding carboxylic acids is 1. The molecule has 2 rings (SSSR count). The van der Waals surface area contributed by atoms with Crippen LogP contribution in [0.5, 0.6) is 0 Å². The Bertz CT molecular complexity index is 291. The van der Waals surface area contributed by atoms with Gasteiger partial charge in [-0.3, -0.25) is 4.79 Å². The van der Waals surface area contributed by atoms with Gasteiger partial charge in [0.15, 0.2) is 0 Å². The van der Waals surface area contributed by atoms with Crippen molar-refractivity contribution in [3.63, 3.8) is 0 Å². The first-order valence-corrected chi connectivity index (χ1v) is 8.84. The molecule has 0 unspecified atom stereocenters. The molecular weight excluding hydrogens is 264 g/mol. The van der Waals surface area contributed by atoms with Gasteiger partial charge in [0.05, 0.1) is 5.75 Å². The van der Waals surface area contributed by atoms with E-state index in [0.717, 1.165) is 31.9 Å². The van der Waals surface area contributed by atoms with Gasteiger partial charge in [-0.25, -0.2) is 0 Å². The summed E-state index contributed by atoms with van der Waals surface area (Å²) in [6.45, 7) is 8.52. The van der Waals surface area contributed by atoms with Crippen molar-refractivity contribution in [2.24, 2.45) is 0 Å². The van der Waals surface area contributed by atoms with Crippen LogP contribution in [0, 0.1) is 0 Å². The molecule has 1 N–H and O–H groups in total. The van der Waals surface area contributed by atoms with Gasteiger partial charge in [0, 0.05) is 28.8 Å². The molecule has 5 heteroatoms. The molecule has 0 radical (unpaired) electrons. The first-order valence-electron chi connectivity index (χ1n) is 6.81. The van der Waals surface area contributed by atoms with Gasteiger partial charge >= 0.3 is 0 Å². The molecular formula is C13H24N2OS2. The summed E-state index contributed by atoms with van der Waals surface area (Å²) in [6.07, 6.45) is 2.42. The van der Waals surface area contributed by atoms with Gasteiger partial charge in [-0.05, 0) is 39.8 Å². The molecule has 0 atom stereocenters. The minimum atomic E-state index is 0.229. The number of thioether (sulfide) groups is 2. The van der Waals surface area contributed by atoms with E-state index < -0.39 is 0 Å². The third-order valence-corrected chi connectivity index (χ3v) is 6.16. The number of amides is 1. The standard InChI is InChI=1S/C13H24N2OS2/c1-13(2)10-15(7-8-18-13)12(16)9-17-11-3-5-14-6-4-11/h11,14H,3-10H2,1-2H3. The second-order valence-corrected chi connectivity index (χ2v) is 8.77. The van der Waals surface area contributed by atoms with Crippen LogP contribution in [0.4, 0.5) is 0 Å². The van der Waals surface area contributed by atoms with Gasteiger partial charge in [0.25, 0.3) is 0 Å². The zero-order chi connectivity index (χ0) is 13.0. The average molecular weight is 288 g/mol. The van der Waals surface area contributed by atoms with E-state index in [1.807, 2.05) is 23.5 Å². The van der Waals surface area contributed by atoms with Gasteiger partial charge in [-0.15, -0.1) is 11.8 Å². The van der Waals surface area contributed by atoms with Gasteiger partial charge < -0.3 is 10.2 Å². The summed E-state index contributed by atoms with van der Waals surface area (Å²) in [7, 11) is 0. The Kier molecular flexibility index (Phi) is 5.27. The molecule has 2 aliphatic heterocycles. The van der Waals surface area contributed by atoms with Crippen molar-refractivity contribution in [2.75, 3.05) is 37.7 Å². The Hall–Kier alpha value is 0.130. The van der Waals surface area contributed by atoms with Crippen molar-refractivity contribution >= 4 is 29.4 Å². The summed E-state index contributed by atoms with van der Waals surface area (Å²) >= 11 is 3.84. The van der Waals surface area contributed by atoms with Crippen LogP contribution in [0.25, 0.3) is 0 Å². The number of nitrogens with one attached hydrogen (secondary N) is 1. The summed E-state index contributed by atoms with van der Waals surface area (Å²) in [5.74, 6) is 2.09. The van der Waals surface area contributed by atoms with E-state index in [0.29, 0.717) is 16.9 Å². The summed E-state index contributed by atoms with van der Waals surface area (Å²) in [5, 5.41) is 4.05. The van der Waals surface area contributed by atoms with Crippen molar-refractivity contribution in [3.8, 4) is 0 Å².